The lowest BCUT2D eigenvalue weighted by Crippen LogP contribution is -2.44. The van der Waals surface area contributed by atoms with Gasteiger partial charge in [0.25, 0.3) is 16.1 Å². The van der Waals surface area contributed by atoms with Crippen LogP contribution in [0.15, 0.2) is 0 Å². The van der Waals surface area contributed by atoms with Crippen molar-refractivity contribution < 1.29 is 22.4 Å². The van der Waals surface area contributed by atoms with Crippen LogP contribution >= 0.6 is 0 Å². The molecule has 5 N–H and O–H groups in total. The van der Waals surface area contributed by atoms with Gasteiger partial charge in [-0.05, 0) is 12.8 Å². The summed E-state index contributed by atoms with van der Waals surface area (Å²) in [6.45, 7) is -0.187. The molecule has 0 bridgehead atoms. The summed E-state index contributed by atoms with van der Waals surface area (Å²) in [5.41, 5.74) is 0.0127. The lowest BCUT2D eigenvalue weighted by molar-refractivity contribution is 0.0406. The fourth-order valence-corrected chi connectivity index (χ4v) is 3.48. The highest BCUT2D eigenvalue weighted by atomic mass is 32.2. The number of alkyl halides is 2. The van der Waals surface area contributed by atoms with Crippen molar-refractivity contribution in [1.29, 1.82) is 5.41 Å². The van der Waals surface area contributed by atoms with Crippen LogP contribution < -0.4 is 10.6 Å². The second-order valence-electron chi connectivity index (χ2n) is 4.68. The van der Waals surface area contributed by atoms with Crippen molar-refractivity contribution in [1.82, 2.24) is 9.79 Å². The molecule has 0 aromatic carbocycles. The van der Waals surface area contributed by atoms with Gasteiger partial charge in [0.2, 0.25) is 0 Å². The number of amidine groups is 1. The number of nitrogens with zero attached hydrogens (tertiary/aromatic N) is 1. The highest BCUT2D eigenvalue weighted by Gasteiger charge is 2.81. The number of hydrogen-bond donors (Lipinski definition) is 4. The number of hydrogen-bond acceptors (Lipinski definition) is 4. The van der Waals surface area contributed by atoms with Gasteiger partial charge >= 0.3 is 0 Å². The van der Waals surface area contributed by atoms with Crippen molar-refractivity contribution in [3.8, 4) is 0 Å². The number of rotatable bonds is 2. The summed E-state index contributed by atoms with van der Waals surface area (Å²) in [7, 11) is -3.86. The molecule has 0 aromatic rings. The Hall–Kier alpha value is -0.840. The summed E-state index contributed by atoms with van der Waals surface area (Å²) < 4.78 is 50.5. The maximum Gasteiger partial charge on any atom is 0.276 e. The normalized spacial score (nSPS) is 30.1. The summed E-state index contributed by atoms with van der Waals surface area (Å²) in [6, 6.07) is 0. The molecule has 1 spiro atoms. The molecule has 1 saturated carbocycles. The standard InChI is InChI=1S/C8H14F2N4O3S/c9-8(10)5(6(11)13-15)7(8)1-3-14(4-2-7)18(12,16)17/h5,15H,1-4H2,(H2,11,13)(H2,12,16,17)/t5-/m0/s1. The molecule has 0 amide bonds. The fraction of sp³-hybridized carbons (Fsp3) is 0.875. The Labute approximate surface area is 103 Å². The molecule has 104 valence electrons. The topological polar surface area (TPSA) is 120 Å². The number of nitrogens with one attached hydrogen (secondary N) is 2. The van der Waals surface area contributed by atoms with Crippen LogP contribution in [0.5, 0.6) is 0 Å². The molecule has 1 heterocycles. The monoisotopic (exact) mass is 284 g/mol. The van der Waals surface area contributed by atoms with Crippen molar-refractivity contribution in [2.24, 2.45) is 16.5 Å². The van der Waals surface area contributed by atoms with E-state index in [0.717, 1.165) is 4.31 Å². The van der Waals surface area contributed by atoms with Gasteiger partial charge in [0.05, 0.1) is 11.3 Å². The van der Waals surface area contributed by atoms with Gasteiger partial charge in [0.15, 0.2) is 0 Å². The van der Waals surface area contributed by atoms with Crippen molar-refractivity contribution in [3.05, 3.63) is 0 Å². The number of nitrogens with two attached hydrogens (primary N) is 1. The van der Waals surface area contributed by atoms with Crippen LogP contribution in [0.25, 0.3) is 0 Å². The number of halogens is 2. The van der Waals surface area contributed by atoms with Crippen LogP contribution in [0.4, 0.5) is 8.78 Å². The summed E-state index contributed by atoms with van der Waals surface area (Å²) in [6.07, 6.45) is -0.156. The van der Waals surface area contributed by atoms with E-state index in [2.05, 4.69) is 0 Å². The van der Waals surface area contributed by atoms with E-state index in [0.29, 0.717) is 0 Å². The van der Waals surface area contributed by atoms with Crippen LogP contribution in [-0.4, -0.2) is 42.8 Å². The molecular formula is C8H14F2N4O3S. The quantitative estimate of drug-likeness (QED) is 0.310. The zero-order chi connectivity index (χ0) is 13.8. The van der Waals surface area contributed by atoms with E-state index in [1.54, 1.807) is 0 Å². The van der Waals surface area contributed by atoms with Crippen molar-refractivity contribution in [3.63, 3.8) is 0 Å². The van der Waals surface area contributed by atoms with Crippen LogP contribution in [0.3, 0.4) is 0 Å². The van der Waals surface area contributed by atoms with Crippen LogP contribution in [0.2, 0.25) is 0 Å². The van der Waals surface area contributed by atoms with Crippen LogP contribution in [0, 0.1) is 16.7 Å². The third-order valence-electron chi connectivity index (χ3n) is 3.88. The van der Waals surface area contributed by atoms with Crippen molar-refractivity contribution in [2.45, 2.75) is 18.8 Å². The third-order valence-corrected chi connectivity index (χ3v) is 4.96. The zero-order valence-corrected chi connectivity index (χ0v) is 10.2. The molecule has 0 unspecified atom stereocenters. The first-order chi connectivity index (χ1) is 8.17. The Morgan fingerprint density at radius 3 is 2.33 bits per heavy atom. The molecule has 10 heteroatoms. The first-order valence-electron chi connectivity index (χ1n) is 5.31. The highest BCUT2D eigenvalue weighted by molar-refractivity contribution is 7.86. The fourth-order valence-electron chi connectivity index (χ4n) is 2.79. The molecule has 7 nitrogen and oxygen atoms in total. The second-order valence-corrected chi connectivity index (χ2v) is 6.23. The molecule has 1 aliphatic heterocycles. The molecule has 18 heavy (non-hydrogen) atoms. The van der Waals surface area contributed by atoms with Gasteiger partial charge < -0.3 is 0 Å². The molecule has 0 radical (unpaired) electrons. The van der Waals surface area contributed by atoms with Crippen LogP contribution in [0.1, 0.15) is 12.8 Å². The summed E-state index contributed by atoms with van der Waals surface area (Å²) in [4.78, 5) is 0. The minimum Gasteiger partial charge on any atom is -0.290 e. The lowest BCUT2D eigenvalue weighted by Gasteiger charge is -2.30. The Morgan fingerprint density at radius 2 is 1.94 bits per heavy atom. The SMILES string of the molecule is N=C(NO)[C@@H]1C(F)(F)C12CCN(S(N)(=O)=O)CC2. The smallest absolute Gasteiger partial charge is 0.276 e. The van der Waals surface area contributed by atoms with Gasteiger partial charge in [-0.3, -0.25) is 16.1 Å². The Morgan fingerprint density at radius 1 is 1.44 bits per heavy atom. The highest BCUT2D eigenvalue weighted by Crippen LogP contribution is 2.70. The molecule has 2 fully saturated rings. The molecule has 0 aromatic heterocycles. The van der Waals surface area contributed by atoms with E-state index in [1.165, 1.54) is 5.48 Å². The van der Waals surface area contributed by atoms with Crippen molar-refractivity contribution >= 4 is 16.0 Å². The maximum absolute atomic E-state index is 13.7. The van der Waals surface area contributed by atoms with E-state index in [9.17, 15) is 17.2 Å². The van der Waals surface area contributed by atoms with Crippen LogP contribution in [-0.2, 0) is 10.2 Å². The number of hydroxylamine groups is 1. The van der Waals surface area contributed by atoms with Gasteiger partial charge in [0.1, 0.15) is 5.84 Å². The maximum atomic E-state index is 13.7. The van der Waals surface area contributed by atoms with E-state index < -0.39 is 33.3 Å². The molecule has 2 aliphatic rings. The van der Waals surface area contributed by atoms with E-state index >= 15 is 0 Å². The van der Waals surface area contributed by atoms with E-state index in [4.69, 9.17) is 15.8 Å². The van der Waals surface area contributed by atoms with Crippen molar-refractivity contribution in [2.75, 3.05) is 13.1 Å². The molecule has 1 atom stereocenters. The van der Waals surface area contributed by atoms with Gasteiger partial charge in [-0.25, -0.2) is 13.9 Å². The molecule has 1 saturated heterocycles. The Bertz CT molecular complexity index is 473. The average Bonchev–Trinajstić information content (AvgIpc) is 2.73. The lowest BCUT2D eigenvalue weighted by atomic mass is 9.91. The zero-order valence-electron chi connectivity index (χ0n) is 9.36. The predicted molar refractivity (Wildman–Crippen MR) is 57.4 cm³/mol. The minimum atomic E-state index is -3.86. The van der Waals surface area contributed by atoms with E-state index in [1.807, 2.05) is 0 Å². The average molecular weight is 284 g/mol. The second kappa shape index (κ2) is 3.83. The Kier molecular flexibility index (Phi) is 2.89. The summed E-state index contributed by atoms with van der Waals surface area (Å²) >= 11 is 0. The molecule has 2 rings (SSSR count). The molecular weight excluding hydrogens is 270 g/mol. The van der Waals surface area contributed by atoms with Gasteiger partial charge in [-0.2, -0.15) is 12.7 Å². The third kappa shape index (κ3) is 1.71. The largest absolute Gasteiger partial charge is 0.290 e. The number of piperidine rings is 1. The first-order valence-corrected chi connectivity index (χ1v) is 6.81. The summed E-state index contributed by atoms with van der Waals surface area (Å²) in [5, 5.41) is 20.7. The predicted octanol–water partition coefficient (Wildman–Crippen LogP) is -0.507. The van der Waals surface area contributed by atoms with E-state index in [-0.39, 0.29) is 25.9 Å². The molecule has 1 aliphatic carbocycles. The van der Waals surface area contributed by atoms with Gasteiger partial charge in [-0.1, -0.05) is 0 Å². The van der Waals surface area contributed by atoms with Gasteiger partial charge in [-0.15, -0.1) is 0 Å². The first kappa shape index (κ1) is 13.6. The van der Waals surface area contributed by atoms with Gasteiger partial charge in [0, 0.05) is 13.1 Å². The Balaban J connectivity index is 2.12. The minimum absolute atomic E-state index is 0.0782. The summed E-state index contributed by atoms with van der Waals surface area (Å²) in [5.74, 6) is -5.11.